The maximum absolute atomic E-state index is 11.8. The van der Waals surface area contributed by atoms with E-state index in [0.29, 0.717) is 53.7 Å². The van der Waals surface area contributed by atoms with Crippen LogP contribution in [0.4, 0.5) is 29.2 Å². The second-order valence-electron chi connectivity index (χ2n) is 8.28. The summed E-state index contributed by atoms with van der Waals surface area (Å²) in [6.45, 7) is 2.47. The Hall–Kier alpha value is -4.26. The summed E-state index contributed by atoms with van der Waals surface area (Å²) < 4.78 is 5.44. The van der Waals surface area contributed by atoms with E-state index in [1.807, 2.05) is 47.4 Å². The SMILES string of the molecule is O=[N+]([O-])c1cc(/C=N\Nc2nc(Nc3ccccc3)nc(N3CCOCC3)n2)ccc1Sc1ccc(Cl)cc1. The molecule has 4 aromatic rings. The van der Waals surface area contributed by atoms with Crippen molar-refractivity contribution in [1.29, 1.82) is 0 Å². The third-order valence-electron chi connectivity index (χ3n) is 5.55. The predicted molar refractivity (Wildman–Crippen MR) is 152 cm³/mol. The number of hydrogen-bond acceptors (Lipinski definition) is 11. The minimum absolute atomic E-state index is 0.0250. The number of nitrogens with zero attached hydrogens (tertiary/aromatic N) is 6. The van der Waals surface area contributed by atoms with Crippen LogP contribution in [0.5, 0.6) is 0 Å². The van der Waals surface area contributed by atoms with E-state index in [2.05, 4.69) is 30.8 Å². The largest absolute Gasteiger partial charge is 0.378 e. The zero-order valence-corrected chi connectivity index (χ0v) is 22.1. The smallest absolute Gasteiger partial charge is 0.283 e. The lowest BCUT2D eigenvalue weighted by Gasteiger charge is -2.27. The van der Waals surface area contributed by atoms with Gasteiger partial charge in [0, 0.05) is 40.3 Å². The zero-order chi connectivity index (χ0) is 27.0. The van der Waals surface area contributed by atoms with E-state index < -0.39 is 4.92 Å². The van der Waals surface area contributed by atoms with Gasteiger partial charge in [-0.3, -0.25) is 10.1 Å². The molecule has 11 nitrogen and oxygen atoms in total. The van der Waals surface area contributed by atoms with Gasteiger partial charge in [-0.15, -0.1) is 0 Å². The van der Waals surface area contributed by atoms with Crippen LogP contribution in [-0.4, -0.2) is 52.4 Å². The van der Waals surface area contributed by atoms with Crippen LogP contribution in [0.3, 0.4) is 0 Å². The molecule has 3 aromatic carbocycles. The lowest BCUT2D eigenvalue weighted by molar-refractivity contribution is -0.387. The fourth-order valence-electron chi connectivity index (χ4n) is 3.66. The molecule has 39 heavy (non-hydrogen) atoms. The van der Waals surface area contributed by atoms with Gasteiger partial charge in [0.1, 0.15) is 0 Å². The fourth-order valence-corrected chi connectivity index (χ4v) is 4.69. The highest BCUT2D eigenvalue weighted by atomic mass is 35.5. The molecular formula is C26H23ClN8O3S. The Morgan fingerprint density at radius 3 is 2.49 bits per heavy atom. The molecule has 5 rings (SSSR count). The molecule has 0 spiro atoms. The summed E-state index contributed by atoms with van der Waals surface area (Å²) in [5, 5.41) is 19.8. The number of hydrogen-bond donors (Lipinski definition) is 2. The number of nitrogens with one attached hydrogen (secondary N) is 2. The quantitative estimate of drug-likeness (QED) is 0.151. The molecule has 198 valence electrons. The van der Waals surface area contributed by atoms with E-state index in [-0.39, 0.29) is 11.6 Å². The molecule has 0 amide bonds. The van der Waals surface area contributed by atoms with Crippen molar-refractivity contribution in [2.24, 2.45) is 5.10 Å². The van der Waals surface area contributed by atoms with Gasteiger partial charge in [0.2, 0.25) is 17.8 Å². The van der Waals surface area contributed by atoms with Gasteiger partial charge in [0.15, 0.2) is 0 Å². The van der Waals surface area contributed by atoms with Crippen LogP contribution in [0, 0.1) is 10.1 Å². The van der Waals surface area contributed by atoms with Crippen molar-refractivity contribution in [3.8, 4) is 0 Å². The van der Waals surface area contributed by atoms with Crippen molar-refractivity contribution in [3.05, 3.63) is 93.5 Å². The van der Waals surface area contributed by atoms with Crippen LogP contribution in [-0.2, 0) is 4.74 Å². The second kappa shape index (κ2) is 12.5. The first-order valence-corrected chi connectivity index (χ1v) is 13.1. The molecule has 0 saturated carbocycles. The summed E-state index contributed by atoms with van der Waals surface area (Å²) in [7, 11) is 0. The van der Waals surface area contributed by atoms with Gasteiger partial charge in [-0.25, -0.2) is 5.43 Å². The van der Waals surface area contributed by atoms with E-state index in [1.165, 1.54) is 24.0 Å². The van der Waals surface area contributed by atoms with E-state index >= 15 is 0 Å². The summed E-state index contributed by atoms with van der Waals surface area (Å²) in [6.07, 6.45) is 1.48. The standard InChI is InChI=1S/C26H23ClN8O3S/c27-19-7-9-21(10-8-19)39-23-11-6-18(16-22(23)35(36)37)17-28-33-25-30-24(29-20-4-2-1-3-5-20)31-26(32-25)34-12-14-38-15-13-34/h1-11,16-17H,12-15H2,(H2,29,30,31,32,33)/b28-17-. The van der Waals surface area contributed by atoms with Crippen LogP contribution in [0.1, 0.15) is 5.56 Å². The lowest BCUT2D eigenvalue weighted by Crippen LogP contribution is -2.37. The van der Waals surface area contributed by atoms with Crippen molar-refractivity contribution >= 4 is 58.8 Å². The first-order valence-electron chi connectivity index (χ1n) is 12.0. The summed E-state index contributed by atoms with van der Waals surface area (Å²) in [5.74, 6) is 1.07. The average molecular weight is 563 g/mol. The molecule has 1 aliphatic heterocycles. The molecule has 1 aromatic heterocycles. The van der Waals surface area contributed by atoms with Gasteiger partial charge in [-0.2, -0.15) is 20.1 Å². The first kappa shape index (κ1) is 26.4. The Labute approximate surface area is 233 Å². The number of nitro groups is 1. The van der Waals surface area contributed by atoms with E-state index in [0.717, 1.165) is 10.6 Å². The number of morpholine rings is 1. The topological polar surface area (TPSA) is 131 Å². The second-order valence-corrected chi connectivity index (χ2v) is 9.84. The average Bonchev–Trinajstić information content (AvgIpc) is 2.96. The number of halogens is 1. The van der Waals surface area contributed by atoms with Crippen LogP contribution >= 0.6 is 23.4 Å². The summed E-state index contributed by atoms with van der Waals surface area (Å²) >= 11 is 7.23. The molecule has 0 atom stereocenters. The Balaban J connectivity index is 1.34. The predicted octanol–water partition coefficient (Wildman–Crippen LogP) is 5.61. The highest BCUT2D eigenvalue weighted by Gasteiger charge is 2.18. The van der Waals surface area contributed by atoms with Crippen molar-refractivity contribution in [2.45, 2.75) is 9.79 Å². The molecular weight excluding hydrogens is 540 g/mol. The molecule has 2 heterocycles. The summed E-state index contributed by atoms with van der Waals surface area (Å²) in [5.41, 5.74) is 4.17. The van der Waals surface area contributed by atoms with Crippen molar-refractivity contribution in [3.63, 3.8) is 0 Å². The maximum atomic E-state index is 11.8. The van der Waals surface area contributed by atoms with Gasteiger partial charge in [-0.1, -0.05) is 47.6 Å². The summed E-state index contributed by atoms with van der Waals surface area (Å²) in [6, 6.07) is 21.6. The molecule has 0 radical (unpaired) electrons. The Morgan fingerprint density at radius 1 is 1.00 bits per heavy atom. The molecule has 0 bridgehead atoms. The number of para-hydroxylation sites is 1. The fraction of sp³-hybridized carbons (Fsp3) is 0.154. The van der Waals surface area contributed by atoms with Crippen molar-refractivity contribution in [1.82, 2.24) is 15.0 Å². The Bertz CT molecular complexity index is 1470. The third-order valence-corrected chi connectivity index (χ3v) is 6.87. The number of ether oxygens (including phenoxy) is 1. The van der Waals surface area contributed by atoms with Gasteiger partial charge in [0.05, 0.1) is 29.2 Å². The molecule has 2 N–H and O–H groups in total. The maximum Gasteiger partial charge on any atom is 0.283 e. The van der Waals surface area contributed by atoms with E-state index in [1.54, 1.807) is 24.3 Å². The van der Waals surface area contributed by atoms with Crippen LogP contribution in [0.25, 0.3) is 0 Å². The molecule has 13 heteroatoms. The van der Waals surface area contributed by atoms with E-state index in [9.17, 15) is 10.1 Å². The van der Waals surface area contributed by atoms with Gasteiger partial charge in [0.25, 0.3) is 5.69 Å². The molecule has 0 unspecified atom stereocenters. The van der Waals surface area contributed by atoms with Crippen molar-refractivity contribution in [2.75, 3.05) is 41.9 Å². The number of aromatic nitrogens is 3. The van der Waals surface area contributed by atoms with Crippen molar-refractivity contribution < 1.29 is 9.66 Å². The monoisotopic (exact) mass is 562 g/mol. The zero-order valence-electron chi connectivity index (χ0n) is 20.5. The highest BCUT2D eigenvalue weighted by Crippen LogP contribution is 2.35. The molecule has 0 aliphatic carbocycles. The van der Waals surface area contributed by atoms with Gasteiger partial charge in [-0.05, 0) is 42.5 Å². The van der Waals surface area contributed by atoms with Crippen LogP contribution in [0.15, 0.2) is 87.7 Å². The minimum Gasteiger partial charge on any atom is -0.378 e. The first-order chi connectivity index (χ1) is 19.0. The normalized spacial score (nSPS) is 13.4. The Morgan fingerprint density at radius 2 is 1.74 bits per heavy atom. The Kier molecular flexibility index (Phi) is 8.46. The van der Waals surface area contributed by atoms with Crippen LogP contribution < -0.4 is 15.6 Å². The van der Waals surface area contributed by atoms with Gasteiger partial charge >= 0.3 is 0 Å². The number of anilines is 4. The number of hydrazone groups is 1. The summed E-state index contributed by atoms with van der Waals surface area (Å²) in [4.78, 5) is 28.2. The number of nitro benzene ring substituents is 1. The highest BCUT2D eigenvalue weighted by molar-refractivity contribution is 7.99. The molecule has 1 saturated heterocycles. The van der Waals surface area contributed by atoms with Crippen LogP contribution in [0.2, 0.25) is 5.02 Å². The van der Waals surface area contributed by atoms with E-state index in [4.69, 9.17) is 16.3 Å². The molecule has 1 aliphatic rings. The molecule has 1 fully saturated rings. The minimum atomic E-state index is -0.412. The van der Waals surface area contributed by atoms with Gasteiger partial charge < -0.3 is 15.0 Å². The third kappa shape index (κ3) is 7.19. The number of rotatable bonds is 9. The lowest BCUT2D eigenvalue weighted by atomic mass is 10.2. The number of benzene rings is 3.